The lowest BCUT2D eigenvalue weighted by Gasteiger charge is -2.42. The lowest BCUT2D eigenvalue weighted by Crippen LogP contribution is -2.52. The van der Waals surface area contributed by atoms with Crippen LogP contribution in [-0.4, -0.2) is 42.6 Å². The normalized spacial score (nSPS) is 17.6. The number of piperidine rings is 1. The highest BCUT2D eigenvalue weighted by molar-refractivity contribution is 5.81. The van der Waals surface area contributed by atoms with Crippen molar-refractivity contribution in [3.05, 3.63) is 90.2 Å². The van der Waals surface area contributed by atoms with E-state index in [-0.39, 0.29) is 5.82 Å². The molecular weight excluding hydrogens is 507 g/mol. The van der Waals surface area contributed by atoms with Gasteiger partial charge < -0.3 is 20.9 Å². The maximum absolute atomic E-state index is 14.7. The predicted octanol–water partition coefficient (Wildman–Crippen LogP) is 3.79. The number of nitrogens with two attached hydrogens (primary N) is 2. The first-order valence-electron chi connectivity index (χ1n) is 12.3. The molecule has 4 N–H and O–H groups in total. The molecule has 6 rings (SSSR count). The Morgan fingerprint density at radius 3 is 2.64 bits per heavy atom. The van der Waals surface area contributed by atoms with Gasteiger partial charge in [0.15, 0.2) is 23.1 Å². The topological polar surface area (TPSA) is 125 Å². The third-order valence-electron chi connectivity index (χ3n) is 7.12. The van der Waals surface area contributed by atoms with Crippen molar-refractivity contribution < 1.29 is 13.2 Å². The monoisotopic (exact) mass is 531 g/mol. The second-order valence-corrected chi connectivity index (χ2v) is 9.67. The summed E-state index contributed by atoms with van der Waals surface area (Å²) in [5.41, 5.74) is 15.7. The van der Waals surface area contributed by atoms with Gasteiger partial charge in [0.05, 0.1) is 42.2 Å². The Morgan fingerprint density at radius 2 is 1.82 bits per heavy atom. The van der Waals surface area contributed by atoms with Gasteiger partial charge >= 0.3 is 0 Å². The zero-order chi connectivity index (χ0) is 27.1. The van der Waals surface area contributed by atoms with Crippen LogP contribution in [0.5, 0.6) is 0 Å². The highest BCUT2D eigenvalue weighted by atomic mass is 19.2. The summed E-state index contributed by atoms with van der Waals surface area (Å²) in [6.07, 6.45) is 8.70. The number of benzene rings is 1. The Labute approximate surface area is 221 Å². The molecule has 0 radical (unpaired) electrons. The number of aromatic nitrogens is 6. The number of fused-ring (bicyclic) bond motifs is 1. The summed E-state index contributed by atoms with van der Waals surface area (Å²) in [7, 11) is 0. The lowest BCUT2D eigenvalue weighted by atomic mass is 9.83. The van der Waals surface area contributed by atoms with Crippen LogP contribution < -0.4 is 16.4 Å². The van der Waals surface area contributed by atoms with Crippen molar-refractivity contribution >= 4 is 22.7 Å². The molecule has 1 saturated heterocycles. The van der Waals surface area contributed by atoms with Crippen molar-refractivity contribution in [2.24, 2.45) is 5.73 Å². The van der Waals surface area contributed by atoms with Crippen LogP contribution in [0.25, 0.3) is 22.4 Å². The number of halogens is 3. The van der Waals surface area contributed by atoms with E-state index in [1.54, 1.807) is 18.6 Å². The molecule has 12 heteroatoms. The Bertz CT molecular complexity index is 1690. The van der Waals surface area contributed by atoms with E-state index in [2.05, 4.69) is 29.8 Å². The average Bonchev–Trinajstić information content (AvgIpc) is 3.34. The van der Waals surface area contributed by atoms with Crippen molar-refractivity contribution in [3.8, 4) is 11.3 Å². The molecular formula is C27H24F3N9. The molecule has 0 aliphatic carbocycles. The fourth-order valence-corrected chi connectivity index (χ4v) is 5.20. The number of nitrogens with zero attached hydrogens (tertiary/aromatic N) is 7. The number of rotatable bonds is 5. The van der Waals surface area contributed by atoms with Crippen molar-refractivity contribution in [2.75, 3.05) is 23.7 Å². The van der Waals surface area contributed by atoms with E-state index >= 15 is 0 Å². The summed E-state index contributed by atoms with van der Waals surface area (Å²) in [4.78, 5) is 23.2. The van der Waals surface area contributed by atoms with Crippen molar-refractivity contribution in [1.82, 2.24) is 29.5 Å². The van der Waals surface area contributed by atoms with Crippen molar-refractivity contribution in [1.29, 1.82) is 0 Å². The third-order valence-corrected chi connectivity index (χ3v) is 7.12. The summed E-state index contributed by atoms with van der Waals surface area (Å²) < 4.78 is 44.2. The molecule has 5 heterocycles. The van der Waals surface area contributed by atoms with Gasteiger partial charge in [0.2, 0.25) is 0 Å². The highest BCUT2D eigenvalue weighted by Crippen LogP contribution is 2.35. The van der Waals surface area contributed by atoms with Crippen molar-refractivity contribution in [3.63, 3.8) is 0 Å². The fraction of sp³-hybridized carbons (Fsp3) is 0.222. The van der Waals surface area contributed by atoms with E-state index in [0.29, 0.717) is 54.0 Å². The van der Waals surface area contributed by atoms with Gasteiger partial charge in [-0.1, -0.05) is 0 Å². The van der Waals surface area contributed by atoms with Crippen LogP contribution in [0.4, 0.5) is 24.7 Å². The molecule has 1 aliphatic heterocycles. The van der Waals surface area contributed by atoms with Gasteiger partial charge in [0, 0.05) is 30.4 Å². The molecule has 1 fully saturated rings. The molecule has 4 aromatic heterocycles. The molecule has 1 atom stereocenters. The molecule has 1 aromatic carbocycles. The molecule has 198 valence electrons. The summed E-state index contributed by atoms with van der Waals surface area (Å²) in [6, 6.07) is 7.09. The second-order valence-electron chi connectivity index (χ2n) is 9.67. The molecule has 9 nitrogen and oxygen atoms in total. The molecule has 5 aromatic rings. The first-order chi connectivity index (χ1) is 18.8. The maximum atomic E-state index is 14.7. The average molecular weight is 532 g/mol. The van der Waals surface area contributed by atoms with Crippen LogP contribution in [0.3, 0.4) is 0 Å². The molecule has 1 aliphatic rings. The zero-order valence-corrected chi connectivity index (χ0v) is 20.7. The van der Waals surface area contributed by atoms with E-state index < -0.39 is 23.0 Å². The van der Waals surface area contributed by atoms with Gasteiger partial charge in [-0.3, -0.25) is 9.97 Å². The fourth-order valence-electron chi connectivity index (χ4n) is 5.20. The SMILES string of the molecule is Nc1ncnc2c1ncn2Cc1cc(-c2ccc(F)c(F)c2)ncc1N1CCC[C@](N)(c2ccncc2F)C1. The highest BCUT2D eigenvalue weighted by Gasteiger charge is 2.36. The van der Waals surface area contributed by atoms with Crippen LogP contribution >= 0.6 is 0 Å². The quantitative estimate of drug-likeness (QED) is 0.351. The largest absolute Gasteiger partial charge is 0.382 e. The Kier molecular flexibility index (Phi) is 6.10. The van der Waals surface area contributed by atoms with Crippen molar-refractivity contribution in [2.45, 2.75) is 24.9 Å². The van der Waals surface area contributed by atoms with E-state index in [1.807, 2.05) is 10.6 Å². The minimum Gasteiger partial charge on any atom is -0.382 e. The van der Waals surface area contributed by atoms with Crippen LogP contribution in [-0.2, 0) is 12.1 Å². The molecule has 0 spiro atoms. The number of pyridine rings is 2. The third kappa shape index (κ3) is 4.52. The number of hydrogen-bond donors (Lipinski definition) is 2. The Hall–Kier alpha value is -4.58. The van der Waals surface area contributed by atoms with Gasteiger partial charge in [0.25, 0.3) is 0 Å². The molecule has 0 bridgehead atoms. The number of nitrogen functional groups attached to an aromatic ring is 1. The van der Waals surface area contributed by atoms with E-state index in [4.69, 9.17) is 11.5 Å². The van der Waals surface area contributed by atoms with Gasteiger partial charge in [-0.05, 0) is 48.7 Å². The van der Waals surface area contributed by atoms with E-state index in [0.717, 1.165) is 29.8 Å². The molecule has 39 heavy (non-hydrogen) atoms. The van der Waals surface area contributed by atoms with Crippen LogP contribution in [0.15, 0.2) is 61.6 Å². The van der Waals surface area contributed by atoms with Crippen LogP contribution in [0.2, 0.25) is 0 Å². The minimum absolute atomic E-state index is 0.263. The van der Waals surface area contributed by atoms with Gasteiger partial charge in [-0.15, -0.1) is 0 Å². The molecule has 0 amide bonds. The molecule has 0 saturated carbocycles. The summed E-state index contributed by atoms with van der Waals surface area (Å²) >= 11 is 0. The smallest absolute Gasteiger partial charge is 0.165 e. The second kappa shape index (κ2) is 9.62. The summed E-state index contributed by atoms with van der Waals surface area (Å²) in [5, 5.41) is 0. The molecule has 0 unspecified atom stereocenters. The number of anilines is 2. The summed E-state index contributed by atoms with van der Waals surface area (Å²) in [6.45, 7) is 1.33. The number of imidazole rings is 1. The van der Waals surface area contributed by atoms with Crippen LogP contribution in [0, 0.1) is 17.5 Å². The first kappa shape index (κ1) is 24.7. The standard InChI is InChI=1S/C27H24F3N9/c28-19-3-2-16(8-20(19)29)22-9-17(12-39-15-37-24-25(31)35-14-36-26(24)39)23(11-34-22)38-7-1-5-27(32,13-38)18-4-6-33-10-21(18)30/h2-4,6,8-11,14-15H,1,5,7,12-13,32H2,(H2,31,35,36)/t27-/m1/s1. The van der Waals surface area contributed by atoms with E-state index in [9.17, 15) is 13.2 Å². The van der Waals surface area contributed by atoms with Gasteiger partial charge in [0.1, 0.15) is 17.7 Å². The Morgan fingerprint density at radius 1 is 0.949 bits per heavy atom. The Balaban J connectivity index is 1.43. The zero-order valence-electron chi connectivity index (χ0n) is 20.7. The number of hydrogen-bond acceptors (Lipinski definition) is 8. The van der Waals surface area contributed by atoms with E-state index in [1.165, 1.54) is 24.8 Å². The minimum atomic E-state index is -0.962. The van der Waals surface area contributed by atoms with Crippen LogP contribution in [0.1, 0.15) is 24.0 Å². The van der Waals surface area contributed by atoms with Gasteiger partial charge in [-0.2, -0.15) is 0 Å². The lowest BCUT2D eigenvalue weighted by molar-refractivity contribution is 0.340. The predicted molar refractivity (Wildman–Crippen MR) is 140 cm³/mol. The first-order valence-corrected chi connectivity index (χ1v) is 12.3. The summed E-state index contributed by atoms with van der Waals surface area (Å²) in [5.74, 6) is -2.08. The van der Waals surface area contributed by atoms with Gasteiger partial charge in [-0.25, -0.2) is 28.1 Å². The maximum Gasteiger partial charge on any atom is 0.165 e.